The molecule has 0 bridgehead atoms. The quantitative estimate of drug-likeness (QED) is 0.659. The van der Waals surface area contributed by atoms with Crippen molar-refractivity contribution in [3.8, 4) is 0 Å². The molecule has 1 fully saturated rings. The van der Waals surface area contributed by atoms with E-state index >= 15 is 0 Å². The number of carbonyl (C=O) groups is 1. The van der Waals surface area contributed by atoms with Gasteiger partial charge in [-0.3, -0.25) is 4.79 Å². The standard InChI is InChI=1S/C27H27FO3/c1-17-14-19(8-11-24(17)28)26-22-7-5-4-6-18(22)12-13-27(2,3)23(26)10-9-21-15-20(29)16-25(30)31-21/h4-14,20-21,29H,15-16H2,1-3H3. The number of cyclic esters (lactones) is 1. The average Bonchev–Trinajstić information content (AvgIpc) is 2.82. The molecule has 0 spiro atoms. The van der Waals surface area contributed by atoms with Crippen LogP contribution in [0.25, 0.3) is 11.6 Å². The Morgan fingerprint density at radius 2 is 1.97 bits per heavy atom. The van der Waals surface area contributed by atoms with E-state index in [0.29, 0.717) is 12.0 Å². The van der Waals surface area contributed by atoms with Crippen molar-refractivity contribution in [3.05, 3.63) is 94.3 Å². The van der Waals surface area contributed by atoms with E-state index in [9.17, 15) is 14.3 Å². The summed E-state index contributed by atoms with van der Waals surface area (Å²) < 4.78 is 19.5. The summed E-state index contributed by atoms with van der Waals surface area (Å²) in [4.78, 5) is 11.8. The zero-order valence-electron chi connectivity index (χ0n) is 18.1. The fourth-order valence-electron chi connectivity index (χ4n) is 4.26. The smallest absolute Gasteiger partial charge is 0.309 e. The Labute approximate surface area is 182 Å². The largest absolute Gasteiger partial charge is 0.458 e. The molecule has 1 aliphatic carbocycles. The Bertz CT molecular complexity index is 1110. The zero-order valence-corrected chi connectivity index (χ0v) is 18.1. The Morgan fingerprint density at radius 3 is 2.71 bits per heavy atom. The van der Waals surface area contributed by atoms with Gasteiger partial charge < -0.3 is 9.84 Å². The predicted octanol–water partition coefficient (Wildman–Crippen LogP) is 5.61. The number of allylic oxidation sites excluding steroid dienone is 3. The molecule has 0 amide bonds. The average molecular weight is 419 g/mol. The van der Waals surface area contributed by atoms with Gasteiger partial charge in [0, 0.05) is 11.8 Å². The van der Waals surface area contributed by atoms with Crippen LogP contribution in [0.15, 0.2) is 66.3 Å². The van der Waals surface area contributed by atoms with Crippen molar-refractivity contribution in [1.29, 1.82) is 0 Å². The number of hydrogen-bond acceptors (Lipinski definition) is 3. The van der Waals surface area contributed by atoms with Gasteiger partial charge in [-0.25, -0.2) is 4.39 Å². The van der Waals surface area contributed by atoms with Crippen LogP contribution >= 0.6 is 0 Å². The van der Waals surface area contributed by atoms with Gasteiger partial charge in [-0.15, -0.1) is 0 Å². The second-order valence-electron chi connectivity index (χ2n) is 8.88. The van der Waals surface area contributed by atoms with Crippen molar-refractivity contribution in [2.24, 2.45) is 5.41 Å². The first kappa shape index (κ1) is 21.3. The lowest BCUT2D eigenvalue weighted by molar-refractivity contribution is -0.156. The summed E-state index contributed by atoms with van der Waals surface area (Å²) in [6, 6.07) is 13.4. The second-order valence-corrected chi connectivity index (χ2v) is 8.88. The zero-order chi connectivity index (χ0) is 22.2. The molecule has 160 valence electrons. The van der Waals surface area contributed by atoms with E-state index in [2.05, 4.69) is 38.1 Å². The first-order chi connectivity index (χ1) is 14.7. The highest BCUT2D eigenvalue weighted by molar-refractivity contribution is 5.90. The molecule has 4 heteroatoms. The van der Waals surface area contributed by atoms with Crippen molar-refractivity contribution in [3.63, 3.8) is 0 Å². The number of aryl methyl sites for hydroxylation is 1. The van der Waals surface area contributed by atoms with E-state index in [-0.39, 0.29) is 23.6 Å². The van der Waals surface area contributed by atoms with E-state index in [4.69, 9.17) is 4.74 Å². The minimum atomic E-state index is -0.688. The highest BCUT2D eigenvalue weighted by Gasteiger charge is 2.29. The molecule has 2 aromatic carbocycles. The van der Waals surface area contributed by atoms with Gasteiger partial charge in [-0.1, -0.05) is 62.4 Å². The summed E-state index contributed by atoms with van der Waals surface area (Å²) in [6.45, 7) is 6.03. The molecule has 1 N–H and O–H groups in total. The van der Waals surface area contributed by atoms with Crippen molar-refractivity contribution in [2.45, 2.75) is 45.8 Å². The minimum Gasteiger partial charge on any atom is -0.458 e. The normalized spacial score (nSPS) is 22.9. The van der Waals surface area contributed by atoms with Gasteiger partial charge in [0.2, 0.25) is 0 Å². The maximum atomic E-state index is 14.0. The van der Waals surface area contributed by atoms with Crippen LogP contribution in [0, 0.1) is 18.2 Å². The first-order valence-electron chi connectivity index (χ1n) is 10.6. The molecule has 2 unspecified atom stereocenters. The van der Waals surface area contributed by atoms with Crippen LogP contribution in [0.3, 0.4) is 0 Å². The Balaban J connectivity index is 1.91. The number of hydrogen-bond donors (Lipinski definition) is 1. The number of halogens is 1. The Kier molecular flexibility index (Phi) is 5.67. The molecule has 0 saturated carbocycles. The lowest BCUT2D eigenvalue weighted by Gasteiger charge is -2.27. The lowest BCUT2D eigenvalue weighted by Crippen LogP contribution is -2.31. The van der Waals surface area contributed by atoms with Crippen LogP contribution in [0.5, 0.6) is 0 Å². The highest BCUT2D eigenvalue weighted by atomic mass is 19.1. The van der Waals surface area contributed by atoms with E-state index in [1.54, 1.807) is 6.92 Å². The molecule has 2 atom stereocenters. The monoisotopic (exact) mass is 418 g/mol. The number of fused-ring (bicyclic) bond motifs is 1. The molecule has 0 radical (unpaired) electrons. The molecule has 31 heavy (non-hydrogen) atoms. The molecule has 1 heterocycles. The fraction of sp³-hybridized carbons (Fsp3) is 0.296. The summed E-state index contributed by atoms with van der Waals surface area (Å²) in [7, 11) is 0. The topological polar surface area (TPSA) is 46.5 Å². The number of aliphatic hydroxyl groups is 1. The van der Waals surface area contributed by atoms with Crippen LogP contribution in [0.1, 0.15) is 48.9 Å². The van der Waals surface area contributed by atoms with Gasteiger partial charge >= 0.3 is 5.97 Å². The highest BCUT2D eigenvalue weighted by Crippen LogP contribution is 2.43. The molecule has 2 aliphatic rings. The fourth-order valence-corrected chi connectivity index (χ4v) is 4.26. The van der Waals surface area contributed by atoms with E-state index in [0.717, 1.165) is 27.8 Å². The number of aliphatic hydroxyl groups excluding tert-OH is 1. The van der Waals surface area contributed by atoms with E-state index < -0.39 is 12.2 Å². The number of esters is 1. The van der Waals surface area contributed by atoms with E-state index in [1.165, 1.54) is 6.07 Å². The molecule has 3 nitrogen and oxygen atoms in total. The van der Waals surface area contributed by atoms with Crippen LogP contribution in [0.4, 0.5) is 4.39 Å². The summed E-state index contributed by atoms with van der Waals surface area (Å²) in [5.41, 5.74) is 5.41. The van der Waals surface area contributed by atoms with Crippen molar-refractivity contribution in [2.75, 3.05) is 0 Å². The van der Waals surface area contributed by atoms with Gasteiger partial charge in [0.15, 0.2) is 0 Å². The Morgan fingerprint density at radius 1 is 1.19 bits per heavy atom. The van der Waals surface area contributed by atoms with Crippen molar-refractivity contribution in [1.82, 2.24) is 0 Å². The molecular formula is C27H27FO3. The van der Waals surface area contributed by atoms with Gasteiger partial charge in [-0.2, -0.15) is 0 Å². The Hall–Kier alpha value is -2.98. The van der Waals surface area contributed by atoms with Crippen molar-refractivity contribution < 1.29 is 19.0 Å². The summed E-state index contributed by atoms with van der Waals surface area (Å²) in [6.07, 6.45) is 7.40. The molecule has 2 aromatic rings. The number of ether oxygens (including phenoxy) is 1. The third kappa shape index (κ3) is 4.40. The molecule has 0 aromatic heterocycles. The number of rotatable bonds is 3. The van der Waals surface area contributed by atoms with Gasteiger partial charge in [0.25, 0.3) is 0 Å². The summed E-state index contributed by atoms with van der Waals surface area (Å²) in [5, 5.41) is 9.96. The summed E-state index contributed by atoms with van der Waals surface area (Å²) >= 11 is 0. The number of carbonyl (C=O) groups excluding carboxylic acids is 1. The van der Waals surface area contributed by atoms with Gasteiger partial charge in [0.1, 0.15) is 11.9 Å². The SMILES string of the molecule is Cc1cc(C2=C(C=CC3CC(O)CC(=O)O3)C(C)(C)C=Cc3ccccc32)ccc1F. The van der Waals surface area contributed by atoms with Crippen LogP contribution in [-0.4, -0.2) is 23.3 Å². The second kappa shape index (κ2) is 8.27. The minimum absolute atomic E-state index is 0.0365. The third-order valence-corrected chi connectivity index (χ3v) is 5.99. The maximum Gasteiger partial charge on any atom is 0.309 e. The summed E-state index contributed by atoms with van der Waals surface area (Å²) in [5.74, 6) is -0.619. The number of benzene rings is 2. The van der Waals surface area contributed by atoms with Gasteiger partial charge in [-0.05, 0) is 58.5 Å². The lowest BCUT2D eigenvalue weighted by atomic mass is 9.78. The van der Waals surface area contributed by atoms with E-state index in [1.807, 2.05) is 36.4 Å². The van der Waals surface area contributed by atoms with Crippen LogP contribution in [0.2, 0.25) is 0 Å². The molecule has 4 rings (SSSR count). The van der Waals surface area contributed by atoms with Crippen molar-refractivity contribution >= 4 is 17.6 Å². The predicted molar refractivity (Wildman–Crippen MR) is 121 cm³/mol. The molecule has 1 saturated heterocycles. The van der Waals surface area contributed by atoms with Crippen LogP contribution in [-0.2, 0) is 9.53 Å². The van der Waals surface area contributed by atoms with Gasteiger partial charge in [0.05, 0.1) is 12.5 Å². The third-order valence-electron chi connectivity index (χ3n) is 5.99. The maximum absolute atomic E-state index is 14.0. The first-order valence-corrected chi connectivity index (χ1v) is 10.6. The van der Waals surface area contributed by atoms with Crippen LogP contribution < -0.4 is 0 Å². The molecular weight excluding hydrogens is 391 g/mol. The molecule has 1 aliphatic heterocycles.